The van der Waals surface area contributed by atoms with E-state index in [1.54, 1.807) is 0 Å². The van der Waals surface area contributed by atoms with E-state index in [1.807, 2.05) is 24.3 Å². The summed E-state index contributed by atoms with van der Waals surface area (Å²) in [4.78, 5) is 0. The van der Waals surface area contributed by atoms with Crippen molar-refractivity contribution in [3.05, 3.63) is 29.8 Å². The van der Waals surface area contributed by atoms with Crippen molar-refractivity contribution in [1.82, 2.24) is 0 Å². The fourth-order valence-corrected chi connectivity index (χ4v) is 0.947. The number of hydrogen-bond donors (Lipinski definition) is 3. The van der Waals surface area contributed by atoms with Gasteiger partial charge in [-0.1, -0.05) is 0 Å². The minimum Gasteiger partial charge on any atom is -0.394 e. The van der Waals surface area contributed by atoms with Crippen LogP contribution in [0.4, 0.5) is 0 Å². The van der Waals surface area contributed by atoms with Crippen LogP contribution < -0.4 is 5.73 Å². The Bertz CT molecular complexity index is 196. The highest BCUT2D eigenvalue weighted by molar-refractivity contribution is 5.20. The summed E-state index contributed by atoms with van der Waals surface area (Å²) >= 11 is 0. The van der Waals surface area contributed by atoms with Gasteiger partial charge in [0.05, 0.1) is 12.7 Å². The normalized spacial score (nSPS) is 16.3. The highest BCUT2D eigenvalue weighted by Gasteiger charge is 2.11. The number of hydrogen-bond acceptors (Lipinski definition) is 3. The summed E-state index contributed by atoms with van der Waals surface area (Å²) < 4.78 is 0. The van der Waals surface area contributed by atoms with Crippen molar-refractivity contribution in [2.45, 2.75) is 12.1 Å². The van der Waals surface area contributed by atoms with Crippen molar-refractivity contribution in [2.75, 3.05) is 6.61 Å². The monoisotopic (exact) mass is 154 g/mol. The van der Waals surface area contributed by atoms with Crippen molar-refractivity contribution in [3.8, 4) is 0 Å². The molecule has 1 rings (SSSR count). The molecule has 1 aromatic rings. The summed E-state index contributed by atoms with van der Waals surface area (Å²) in [7, 11) is 0. The largest absolute Gasteiger partial charge is 0.394 e. The third-order valence-corrected chi connectivity index (χ3v) is 1.67. The highest BCUT2D eigenvalue weighted by Crippen LogP contribution is 2.13. The third-order valence-electron chi connectivity index (χ3n) is 1.67. The van der Waals surface area contributed by atoms with Crippen LogP contribution in [0.3, 0.4) is 0 Å². The lowest BCUT2D eigenvalue weighted by Gasteiger charge is -2.18. The third kappa shape index (κ3) is 1.83. The average molecular weight is 154 g/mol. The first-order valence-corrected chi connectivity index (χ1v) is 3.52. The zero-order chi connectivity index (χ0) is 8.27. The summed E-state index contributed by atoms with van der Waals surface area (Å²) in [6.45, 7) is -0.299. The van der Waals surface area contributed by atoms with Gasteiger partial charge in [0.25, 0.3) is 0 Å². The first-order valence-electron chi connectivity index (χ1n) is 3.52. The zero-order valence-electron chi connectivity index (χ0n) is 6.14. The molecular weight excluding hydrogens is 142 g/mol. The lowest BCUT2D eigenvalue weighted by atomic mass is 10.1. The molecule has 2 atom stereocenters. The Kier molecular flexibility index (Phi) is 2.70. The van der Waals surface area contributed by atoms with Crippen LogP contribution in [0.15, 0.2) is 24.3 Å². The average Bonchev–Trinajstić information content (AvgIpc) is 2.53. The minimum absolute atomic E-state index is 0.299. The van der Waals surface area contributed by atoms with Crippen LogP contribution in [0.5, 0.6) is 0 Å². The molecule has 0 saturated heterocycles. The second-order valence-electron chi connectivity index (χ2n) is 2.49. The molecule has 11 heavy (non-hydrogen) atoms. The standard InChI is InChI=1S/C8H12NO2/c9-8(7(11)5-10)6-3-1-2-4-6/h1-4,7-8,10-11H,5,9H2/q-1/t7-,8-/m1/s1. The number of aliphatic hydroxyl groups is 2. The van der Waals surface area contributed by atoms with Crippen molar-refractivity contribution in [2.24, 2.45) is 5.73 Å². The van der Waals surface area contributed by atoms with Crippen LogP contribution in [0.2, 0.25) is 0 Å². The molecule has 0 aromatic heterocycles. The Hall–Kier alpha value is -0.770. The van der Waals surface area contributed by atoms with Crippen LogP contribution in [-0.4, -0.2) is 22.9 Å². The molecule has 3 nitrogen and oxygen atoms in total. The Morgan fingerprint density at radius 2 is 2.36 bits per heavy atom. The predicted octanol–water partition coefficient (Wildman–Crippen LogP) is -0.242. The molecule has 62 valence electrons. The Morgan fingerprint density at radius 3 is 2.82 bits per heavy atom. The van der Waals surface area contributed by atoms with Gasteiger partial charge in [-0.2, -0.15) is 12.1 Å². The van der Waals surface area contributed by atoms with Crippen molar-refractivity contribution in [1.29, 1.82) is 0 Å². The highest BCUT2D eigenvalue weighted by atomic mass is 16.3. The van der Waals surface area contributed by atoms with Crippen LogP contribution >= 0.6 is 0 Å². The molecule has 0 aliphatic carbocycles. The first-order chi connectivity index (χ1) is 5.25. The van der Waals surface area contributed by atoms with Crippen LogP contribution in [-0.2, 0) is 0 Å². The van der Waals surface area contributed by atoms with Crippen molar-refractivity contribution < 1.29 is 10.2 Å². The number of rotatable bonds is 3. The maximum atomic E-state index is 9.12. The minimum atomic E-state index is -0.864. The molecule has 0 unspecified atom stereocenters. The molecule has 0 fully saturated rings. The fourth-order valence-electron chi connectivity index (χ4n) is 0.947. The summed E-state index contributed by atoms with van der Waals surface area (Å²) in [5.74, 6) is 0. The number of nitrogens with two attached hydrogens (primary N) is 1. The molecule has 0 radical (unpaired) electrons. The molecule has 1 aromatic carbocycles. The van der Waals surface area contributed by atoms with Gasteiger partial charge in [0.2, 0.25) is 0 Å². The smallest absolute Gasteiger partial charge is 0.0942 e. The summed E-state index contributed by atoms with van der Waals surface area (Å²) in [6.07, 6.45) is -0.864. The van der Waals surface area contributed by atoms with E-state index in [-0.39, 0.29) is 6.61 Å². The second-order valence-corrected chi connectivity index (χ2v) is 2.49. The van der Waals surface area contributed by atoms with E-state index in [4.69, 9.17) is 15.9 Å². The Labute approximate surface area is 65.4 Å². The van der Waals surface area contributed by atoms with Gasteiger partial charge < -0.3 is 15.9 Å². The summed E-state index contributed by atoms with van der Waals surface area (Å²) in [5.41, 5.74) is 6.44. The lowest BCUT2D eigenvalue weighted by Crippen LogP contribution is -2.28. The Morgan fingerprint density at radius 1 is 1.64 bits per heavy atom. The van der Waals surface area contributed by atoms with Crippen LogP contribution in [0.25, 0.3) is 0 Å². The van der Waals surface area contributed by atoms with Gasteiger partial charge in [0.15, 0.2) is 0 Å². The van der Waals surface area contributed by atoms with Crippen molar-refractivity contribution >= 4 is 0 Å². The van der Waals surface area contributed by atoms with E-state index in [1.165, 1.54) is 0 Å². The van der Waals surface area contributed by atoms with E-state index in [0.29, 0.717) is 0 Å². The van der Waals surface area contributed by atoms with Gasteiger partial charge in [0, 0.05) is 6.04 Å². The van der Waals surface area contributed by atoms with Crippen molar-refractivity contribution in [3.63, 3.8) is 0 Å². The molecule has 0 saturated carbocycles. The predicted molar refractivity (Wildman–Crippen MR) is 42.1 cm³/mol. The van der Waals surface area contributed by atoms with E-state index >= 15 is 0 Å². The molecule has 0 aliphatic rings. The summed E-state index contributed by atoms with van der Waals surface area (Å²) in [5, 5.41) is 17.7. The van der Waals surface area contributed by atoms with Gasteiger partial charge in [0.1, 0.15) is 0 Å². The topological polar surface area (TPSA) is 66.5 Å². The van der Waals surface area contributed by atoms with Crippen LogP contribution in [0, 0.1) is 0 Å². The Balaban J connectivity index is 2.62. The van der Waals surface area contributed by atoms with E-state index in [9.17, 15) is 0 Å². The van der Waals surface area contributed by atoms with E-state index in [2.05, 4.69) is 0 Å². The molecule has 0 bridgehead atoms. The SMILES string of the molecule is N[C@H](c1ccc[cH-]1)[C@H](O)CO. The maximum Gasteiger partial charge on any atom is 0.0942 e. The quantitative estimate of drug-likeness (QED) is 0.526. The molecule has 0 amide bonds. The molecule has 0 spiro atoms. The lowest BCUT2D eigenvalue weighted by molar-refractivity contribution is 0.0742. The van der Waals surface area contributed by atoms with Gasteiger partial charge in [-0.3, -0.25) is 0 Å². The van der Waals surface area contributed by atoms with Gasteiger partial charge >= 0.3 is 0 Å². The van der Waals surface area contributed by atoms with Gasteiger partial charge in [-0.25, -0.2) is 12.1 Å². The van der Waals surface area contributed by atoms with Gasteiger partial charge in [-0.15, -0.1) is 5.56 Å². The molecule has 4 N–H and O–H groups in total. The van der Waals surface area contributed by atoms with E-state index < -0.39 is 12.1 Å². The molecular formula is C8H12NO2-. The maximum absolute atomic E-state index is 9.12. The number of aliphatic hydroxyl groups excluding tert-OH is 2. The molecule has 0 aliphatic heterocycles. The second kappa shape index (κ2) is 3.57. The molecule has 3 heteroatoms. The first kappa shape index (κ1) is 8.33. The van der Waals surface area contributed by atoms with E-state index in [0.717, 1.165) is 5.56 Å². The summed E-state index contributed by atoms with van der Waals surface area (Å²) in [6, 6.07) is 6.86. The molecule has 0 heterocycles. The van der Waals surface area contributed by atoms with Crippen LogP contribution in [0.1, 0.15) is 11.6 Å². The zero-order valence-corrected chi connectivity index (χ0v) is 6.14. The van der Waals surface area contributed by atoms with Gasteiger partial charge in [-0.05, 0) is 0 Å². The fraction of sp³-hybridized carbons (Fsp3) is 0.375.